The Morgan fingerprint density at radius 1 is 1.26 bits per heavy atom. The average molecular weight is 444 g/mol. The lowest BCUT2D eigenvalue weighted by Gasteiger charge is -2.31. The van der Waals surface area contributed by atoms with Crippen molar-refractivity contribution in [3.8, 4) is 16.0 Å². The summed E-state index contributed by atoms with van der Waals surface area (Å²) in [6.07, 6.45) is 4.64. The van der Waals surface area contributed by atoms with E-state index in [-0.39, 0.29) is 5.82 Å². The Hall–Kier alpha value is -2.85. The number of hydrogen-bond donors (Lipinski definition) is 0. The van der Waals surface area contributed by atoms with Gasteiger partial charge in [-0.3, -0.25) is 0 Å². The molecule has 4 heterocycles. The number of benzene rings is 1. The van der Waals surface area contributed by atoms with E-state index in [1.807, 2.05) is 0 Å². The van der Waals surface area contributed by atoms with E-state index >= 15 is 0 Å². The van der Waals surface area contributed by atoms with Gasteiger partial charge in [-0.25, -0.2) is 9.37 Å². The second-order valence-electron chi connectivity index (χ2n) is 7.64. The smallest absolute Gasteiger partial charge is 0.273 e. The van der Waals surface area contributed by atoms with Crippen molar-refractivity contribution in [1.82, 2.24) is 25.2 Å². The number of likely N-dealkylation sites (tertiary alicyclic amines) is 1. The van der Waals surface area contributed by atoms with Crippen LogP contribution in [0.15, 0.2) is 33.3 Å². The molecule has 31 heavy (non-hydrogen) atoms. The van der Waals surface area contributed by atoms with Crippen molar-refractivity contribution in [2.24, 2.45) is 0 Å². The van der Waals surface area contributed by atoms with E-state index in [4.69, 9.17) is 13.7 Å². The maximum absolute atomic E-state index is 13.4. The molecule has 4 aromatic rings. The van der Waals surface area contributed by atoms with Gasteiger partial charge in [0.2, 0.25) is 5.89 Å². The zero-order chi connectivity index (χ0) is 21.2. The van der Waals surface area contributed by atoms with Crippen LogP contribution >= 0.6 is 11.3 Å². The Bertz CT molecular complexity index is 1160. The molecule has 10 heteroatoms. The molecular weight excluding hydrogens is 421 g/mol. The quantitative estimate of drug-likeness (QED) is 0.388. The lowest BCUT2D eigenvalue weighted by atomic mass is 9.91. The first kappa shape index (κ1) is 20.1. The molecular formula is C21H22FN5O3S. The molecule has 0 spiro atoms. The Morgan fingerprint density at radius 2 is 2.13 bits per heavy atom. The molecule has 3 aromatic heterocycles. The average Bonchev–Trinajstić information content (AvgIpc) is 3.51. The van der Waals surface area contributed by atoms with Crippen molar-refractivity contribution in [2.45, 2.75) is 32.1 Å². The Morgan fingerprint density at radius 3 is 2.94 bits per heavy atom. The van der Waals surface area contributed by atoms with Gasteiger partial charge in [0, 0.05) is 30.8 Å². The maximum Gasteiger partial charge on any atom is 0.273 e. The third-order valence-corrected chi connectivity index (χ3v) is 6.40. The Kier molecular flexibility index (Phi) is 5.65. The standard InChI is InChI=1S/C21H22FN5O3S/c1-13-24-25-20(29-13)18-12-23-21(31-18)28-10-2-7-27-8-5-14(6-9-27)19-16-4-3-15(22)11-17(16)30-26-19/h3-4,11-12,14H,2,5-10H2,1H3. The molecule has 1 aromatic carbocycles. The van der Waals surface area contributed by atoms with Gasteiger partial charge in [0.25, 0.3) is 11.1 Å². The van der Waals surface area contributed by atoms with Gasteiger partial charge in [0.15, 0.2) is 5.58 Å². The minimum Gasteiger partial charge on any atom is -0.470 e. The summed E-state index contributed by atoms with van der Waals surface area (Å²) >= 11 is 1.40. The van der Waals surface area contributed by atoms with Crippen LogP contribution in [0.4, 0.5) is 4.39 Å². The van der Waals surface area contributed by atoms with Crippen LogP contribution in [0.25, 0.3) is 21.7 Å². The summed E-state index contributed by atoms with van der Waals surface area (Å²) in [4.78, 5) is 7.52. The minimum atomic E-state index is -0.300. The highest BCUT2D eigenvalue weighted by Gasteiger charge is 2.25. The van der Waals surface area contributed by atoms with Crippen LogP contribution in [0, 0.1) is 12.7 Å². The third kappa shape index (κ3) is 4.45. The van der Waals surface area contributed by atoms with Gasteiger partial charge < -0.3 is 18.6 Å². The molecule has 1 aliphatic rings. The summed E-state index contributed by atoms with van der Waals surface area (Å²) < 4.78 is 29.9. The topological polar surface area (TPSA) is 90.3 Å². The molecule has 0 aliphatic carbocycles. The molecule has 8 nitrogen and oxygen atoms in total. The van der Waals surface area contributed by atoms with Crippen LogP contribution in [0.1, 0.15) is 36.8 Å². The first-order chi connectivity index (χ1) is 15.2. The molecule has 0 bridgehead atoms. The molecule has 162 valence electrons. The van der Waals surface area contributed by atoms with Crippen molar-refractivity contribution in [1.29, 1.82) is 0 Å². The SMILES string of the molecule is Cc1nnc(-c2cnc(OCCCN3CCC(c4noc5cc(F)ccc45)CC3)s2)o1. The molecule has 0 N–H and O–H groups in total. The van der Waals surface area contributed by atoms with Gasteiger partial charge in [-0.2, -0.15) is 0 Å². The molecule has 0 saturated carbocycles. The lowest BCUT2D eigenvalue weighted by Crippen LogP contribution is -2.34. The van der Waals surface area contributed by atoms with E-state index < -0.39 is 0 Å². The summed E-state index contributed by atoms with van der Waals surface area (Å²) in [5, 5.41) is 13.6. The minimum absolute atomic E-state index is 0.300. The first-order valence-electron chi connectivity index (χ1n) is 10.3. The summed E-state index contributed by atoms with van der Waals surface area (Å²) in [6, 6.07) is 4.63. The number of ether oxygens (including phenoxy) is 1. The number of nitrogens with zero attached hydrogens (tertiary/aromatic N) is 5. The van der Waals surface area contributed by atoms with E-state index in [0.717, 1.165) is 54.9 Å². The zero-order valence-corrected chi connectivity index (χ0v) is 17.9. The molecule has 1 saturated heterocycles. The number of fused-ring (bicyclic) bond motifs is 1. The first-order valence-corrected chi connectivity index (χ1v) is 11.1. The largest absolute Gasteiger partial charge is 0.470 e. The highest BCUT2D eigenvalue weighted by Crippen LogP contribution is 2.33. The number of aryl methyl sites for hydroxylation is 1. The van der Waals surface area contributed by atoms with Crippen molar-refractivity contribution >= 4 is 22.3 Å². The normalized spacial score (nSPS) is 15.7. The predicted molar refractivity (Wildman–Crippen MR) is 113 cm³/mol. The molecule has 0 amide bonds. The third-order valence-electron chi connectivity index (χ3n) is 5.50. The fraction of sp³-hybridized carbons (Fsp3) is 0.429. The van der Waals surface area contributed by atoms with Gasteiger partial charge in [-0.15, -0.1) is 10.2 Å². The number of rotatable bonds is 7. The van der Waals surface area contributed by atoms with Gasteiger partial charge in [0.05, 0.1) is 18.5 Å². The lowest BCUT2D eigenvalue weighted by molar-refractivity contribution is 0.190. The van der Waals surface area contributed by atoms with E-state index in [0.29, 0.717) is 35.1 Å². The highest BCUT2D eigenvalue weighted by atomic mass is 32.1. The van der Waals surface area contributed by atoms with Crippen molar-refractivity contribution in [3.63, 3.8) is 0 Å². The molecule has 1 fully saturated rings. The Balaban J connectivity index is 1.07. The number of aromatic nitrogens is 4. The molecule has 1 aliphatic heterocycles. The van der Waals surface area contributed by atoms with E-state index in [9.17, 15) is 4.39 Å². The van der Waals surface area contributed by atoms with Crippen molar-refractivity contribution in [2.75, 3.05) is 26.2 Å². The van der Waals surface area contributed by atoms with Crippen molar-refractivity contribution in [3.05, 3.63) is 41.8 Å². The van der Waals surface area contributed by atoms with Crippen LogP contribution in [0.5, 0.6) is 5.19 Å². The van der Waals surface area contributed by atoms with Crippen molar-refractivity contribution < 1.29 is 18.1 Å². The second-order valence-corrected chi connectivity index (χ2v) is 8.64. The number of piperidine rings is 1. The second kappa shape index (κ2) is 8.72. The van der Waals surface area contributed by atoms with Crippen LogP contribution in [0.3, 0.4) is 0 Å². The van der Waals surface area contributed by atoms with E-state index in [1.165, 1.54) is 23.5 Å². The van der Waals surface area contributed by atoms with Crippen LogP contribution in [-0.4, -0.2) is 51.5 Å². The molecule has 0 atom stereocenters. The molecule has 0 radical (unpaired) electrons. The summed E-state index contributed by atoms with van der Waals surface area (Å²) in [5.41, 5.74) is 1.48. The van der Waals surface area contributed by atoms with Gasteiger partial charge >= 0.3 is 0 Å². The fourth-order valence-corrected chi connectivity index (χ4v) is 4.63. The zero-order valence-electron chi connectivity index (χ0n) is 17.1. The molecule has 0 unspecified atom stereocenters. The van der Waals surface area contributed by atoms with E-state index in [2.05, 4.69) is 25.2 Å². The monoisotopic (exact) mass is 443 g/mol. The van der Waals surface area contributed by atoms with Gasteiger partial charge in [-0.05, 0) is 44.5 Å². The van der Waals surface area contributed by atoms with Gasteiger partial charge in [0.1, 0.15) is 10.7 Å². The summed E-state index contributed by atoms with van der Waals surface area (Å²) in [7, 11) is 0. The van der Waals surface area contributed by atoms with E-state index in [1.54, 1.807) is 19.2 Å². The number of thiazole rings is 1. The van der Waals surface area contributed by atoms with Crippen LogP contribution in [0.2, 0.25) is 0 Å². The van der Waals surface area contributed by atoms with Gasteiger partial charge in [-0.1, -0.05) is 16.5 Å². The summed E-state index contributed by atoms with van der Waals surface area (Å²) in [6.45, 7) is 5.33. The predicted octanol–water partition coefficient (Wildman–Crippen LogP) is 4.43. The number of hydrogen-bond acceptors (Lipinski definition) is 9. The maximum atomic E-state index is 13.4. The fourth-order valence-electron chi connectivity index (χ4n) is 3.92. The molecule has 5 rings (SSSR count). The summed E-state index contributed by atoms with van der Waals surface area (Å²) in [5.74, 6) is 1.05. The van der Waals surface area contributed by atoms with Crippen LogP contribution in [-0.2, 0) is 0 Å². The number of halogens is 1. The highest BCUT2D eigenvalue weighted by molar-refractivity contribution is 7.16. The Labute approximate surface area is 182 Å². The van der Waals surface area contributed by atoms with Crippen LogP contribution < -0.4 is 4.74 Å².